The highest BCUT2D eigenvalue weighted by molar-refractivity contribution is 7.91. The molecule has 2 aliphatic heterocycles. The van der Waals surface area contributed by atoms with Crippen molar-refractivity contribution in [2.75, 3.05) is 30.0 Å². The van der Waals surface area contributed by atoms with E-state index in [4.69, 9.17) is 17.0 Å². The molecule has 0 saturated carbocycles. The third-order valence-corrected chi connectivity index (χ3v) is 6.54. The van der Waals surface area contributed by atoms with Gasteiger partial charge in [0.05, 0.1) is 23.3 Å². The number of para-hydroxylation sites is 1. The minimum absolute atomic E-state index is 0.0358. The van der Waals surface area contributed by atoms with Gasteiger partial charge >= 0.3 is 0 Å². The number of anilines is 1. The number of sulfone groups is 1. The molecule has 0 spiro atoms. The lowest BCUT2D eigenvalue weighted by Crippen LogP contribution is -2.47. The van der Waals surface area contributed by atoms with Gasteiger partial charge in [-0.1, -0.05) is 12.1 Å². The van der Waals surface area contributed by atoms with Crippen LogP contribution in [0.25, 0.3) is 0 Å². The van der Waals surface area contributed by atoms with Gasteiger partial charge in [-0.3, -0.25) is 0 Å². The van der Waals surface area contributed by atoms with Crippen molar-refractivity contribution in [3.63, 3.8) is 0 Å². The molecule has 2 saturated heterocycles. The molecular formula is C16H21FN2O3S2. The zero-order chi connectivity index (χ0) is 17.2. The van der Waals surface area contributed by atoms with E-state index < -0.39 is 15.7 Å². The van der Waals surface area contributed by atoms with Gasteiger partial charge in [0, 0.05) is 19.2 Å². The number of nitrogens with zero attached hydrogens (tertiary/aromatic N) is 1. The molecule has 2 aliphatic rings. The fourth-order valence-corrected chi connectivity index (χ4v) is 5.24. The summed E-state index contributed by atoms with van der Waals surface area (Å²) in [6, 6.07) is 6.11. The first kappa shape index (κ1) is 17.6. The fraction of sp³-hybridized carbons (Fsp3) is 0.562. The maximum absolute atomic E-state index is 13.9. The van der Waals surface area contributed by atoms with Gasteiger partial charge in [-0.25, -0.2) is 12.8 Å². The number of ether oxygens (including phenoxy) is 1. The maximum Gasteiger partial charge on any atom is 0.173 e. The third kappa shape index (κ3) is 4.23. The van der Waals surface area contributed by atoms with E-state index in [1.54, 1.807) is 18.2 Å². The Morgan fingerprint density at radius 2 is 2.17 bits per heavy atom. The average molecular weight is 372 g/mol. The predicted octanol–water partition coefficient (Wildman–Crippen LogP) is 2.19. The SMILES string of the molecule is O=S1(=O)CC[C@H](N(C[C@@H]2CCCO2)C(=S)Nc2ccccc2F)C1. The van der Waals surface area contributed by atoms with Crippen molar-refractivity contribution in [3.05, 3.63) is 30.1 Å². The van der Waals surface area contributed by atoms with E-state index in [9.17, 15) is 12.8 Å². The van der Waals surface area contributed by atoms with Crippen molar-refractivity contribution in [2.45, 2.75) is 31.4 Å². The second kappa shape index (κ2) is 7.33. The number of halogens is 1. The third-order valence-electron chi connectivity index (χ3n) is 4.45. The summed E-state index contributed by atoms with van der Waals surface area (Å²) in [6.45, 7) is 1.25. The first-order valence-electron chi connectivity index (χ1n) is 8.09. The van der Waals surface area contributed by atoms with Crippen LogP contribution in [-0.4, -0.2) is 55.2 Å². The van der Waals surface area contributed by atoms with Gasteiger partial charge in [-0.2, -0.15) is 0 Å². The van der Waals surface area contributed by atoms with Crippen LogP contribution in [0.1, 0.15) is 19.3 Å². The van der Waals surface area contributed by atoms with Crippen molar-refractivity contribution in [3.8, 4) is 0 Å². The maximum atomic E-state index is 13.9. The molecule has 5 nitrogen and oxygen atoms in total. The van der Waals surface area contributed by atoms with E-state index >= 15 is 0 Å². The highest BCUT2D eigenvalue weighted by Gasteiger charge is 2.35. The largest absolute Gasteiger partial charge is 0.376 e. The second-order valence-electron chi connectivity index (χ2n) is 6.25. The Labute approximate surface area is 147 Å². The summed E-state index contributed by atoms with van der Waals surface area (Å²) in [5.74, 6) is -0.142. The molecule has 2 atom stereocenters. The molecule has 0 aliphatic carbocycles. The van der Waals surface area contributed by atoms with Gasteiger partial charge in [0.25, 0.3) is 0 Å². The molecule has 0 aromatic heterocycles. The number of thiocarbonyl (C=S) groups is 1. The number of hydrogen-bond acceptors (Lipinski definition) is 4. The lowest BCUT2D eigenvalue weighted by atomic mass is 10.2. The summed E-state index contributed by atoms with van der Waals surface area (Å²) < 4.78 is 43.2. The summed E-state index contributed by atoms with van der Waals surface area (Å²) in [7, 11) is -3.03. The fourth-order valence-electron chi connectivity index (χ4n) is 3.18. The Bertz CT molecular complexity index is 705. The Balaban J connectivity index is 1.75. The van der Waals surface area contributed by atoms with Gasteiger partial charge in [0.15, 0.2) is 14.9 Å². The summed E-state index contributed by atoms with van der Waals surface area (Å²) in [5.41, 5.74) is 0.292. The monoisotopic (exact) mass is 372 g/mol. The molecule has 0 unspecified atom stereocenters. The minimum Gasteiger partial charge on any atom is -0.376 e. The molecule has 0 amide bonds. The van der Waals surface area contributed by atoms with Gasteiger partial charge in [-0.05, 0) is 43.6 Å². The van der Waals surface area contributed by atoms with Crippen LogP contribution in [0.2, 0.25) is 0 Å². The quantitative estimate of drug-likeness (QED) is 0.818. The first-order valence-corrected chi connectivity index (χ1v) is 10.3. The van der Waals surface area contributed by atoms with Crippen molar-refractivity contribution < 1.29 is 17.5 Å². The topological polar surface area (TPSA) is 58.6 Å². The Morgan fingerprint density at radius 3 is 2.79 bits per heavy atom. The zero-order valence-corrected chi connectivity index (χ0v) is 14.9. The Kier molecular flexibility index (Phi) is 5.36. The van der Waals surface area contributed by atoms with Crippen LogP contribution in [-0.2, 0) is 14.6 Å². The number of nitrogens with one attached hydrogen (secondary N) is 1. The van der Waals surface area contributed by atoms with Crippen molar-refractivity contribution in [1.82, 2.24) is 4.90 Å². The van der Waals surface area contributed by atoms with E-state index in [0.717, 1.165) is 19.4 Å². The van der Waals surface area contributed by atoms with E-state index in [0.29, 0.717) is 23.8 Å². The first-order chi connectivity index (χ1) is 11.4. The molecule has 8 heteroatoms. The molecular weight excluding hydrogens is 351 g/mol. The number of benzene rings is 1. The lowest BCUT2D eigenvalue weighted by Gasteiger charge is -2.33. The molecule has 2 fully saturated rings. The molecule has 132 valence electrons. The summed E-state index contributed by atoms with van der Waals surface area (Å²) >= 11 is 5.46. The smallest absolute Gasteiger partial charge is 0.173 e. The van der Waals surface area contributed by atoms with Crippen LogP contribution in [0.15, 0.2) is 24.3 Å². The summed E-state index contributed by atoms with van der Waals surface area (Å²) in [5, 5.41) is 3.27. The molecule has 1 aromatic carbocycles. The summed E-state index contributed by atoms with van der Waals surface area (Å²) in [6.07, 6.45) is 2.50. The average Bonchev–Trinajstić information content (AvgIpc) is 3.16. The van der Waals surface area contributed by atoms with Crippen molar-refractivity contribution in [1.29, 1.82) is 0 Å². The highest BCUT2D eigenvalue weighted by atomic mass is 32.2. The van der Waals surface area contributed by atoms with Crippen LogP contribution in [0.4, 0.5) is 10.1 Å². The normalized spacial score (nSPS) is 25.5. The van der Waals surface area contributed by atoms with E-state index in [1.165, 1.54) is 6.07 Å². The van der Waals surface area contributed by atoms with E-state index in [-0.39, 0.29) is 23.7 Å². The predicted molar refractivity (Wildman–Crippen MR) is 95.4 cm³/mol. The summed E-state index contributed by atoms with van der Waals surface area (Å²) in [4.78, 5) is 1.86. The van der Waals surface area contributed by atoms with Crippen LogP contribution in [0, 0.1) is 5.82 Å². The van der Waals surface area contributed by atoms with Crippen molar-refractivity contribution in [2.24, 2.45) is 0 Å². The van der Waals surface area contributed by atoms with Crippen LogP contribution in [0.5, 0.6) is 0 Å². The minimum atomic E-state index is -3.03. The van der Waals surface area contributed by atoms with E-state index in [1.807, 2.05) is 4.90 Å². The second-order valence-corrected chi connectivity index (χ2v) is 8.87. The number of rotatable bonds is 4. The zero-order valence-electron chi connectivity index (χ0n) is 13.3. The van der Waals surface area contributed by atoms with Crippen molar-refractivity contribution >= 4 is 32.9 Å². The molecule has 0 radical (unpaired) electrons. The molecule has 1 aromatic rings. The Hall–Kier alpha value is -1.25. The highest BCUT2D eigenvalue weighted by Crippen LogP contribution is 2.23. The molecule has 2 heterocycles. The van der Waals surface area contributed by atoms with Gasteiger partial charge < -0.3 is 15.0 Å². The molecule has 3 rings (SSSR count). The molecule has 1 N–H and O–H groups in total. The Morgan fingerprint density at radius 1 is 1.38 bits per heavy atom. The molecule has 0 bridgehead atoms. The van der Waals surface area contributed by atoms with Gasteiger partial charge in [-0.15, -0.1) is 0 Å². The van der Waals surface area contributed by atoms with Gasteiger partial charge in [0.2, 0.25) is 0 Å². The molecule has 24 heavy (non-hydrogen) atoms. The van der Waals surface area contributed by atoms with Crippen LogP contribution in [0.3, 0.4) is 0 Å². The number of hydrogen-bond donors (Lipinski definition) is 1. The van der Waals surface area contributed by atoms with Crippen LogP contribution >= 0.6 is 12.2 Å². The van der Waals surface area contributed by atoms with Gasteiger partial charge in [0.1, 0.15) is 5.82 Å². The lowest BCUT2D eigenvalue weighted by molar-refractivity contribution is 0.0851. The van der Waals surface area contributed by atoms with Crippen LogP contribution < -0.4 is 5.32 Å². The standard InChI is InChI=1S/C16H21FN2O3S2/c17-14-5-1-2-6-15(14)18-16(23)19(10-13-4-3-8-22-13)12-7-9-24(20,21)11-12/h1-2,5-6,12-13H,3-4,7-11H2,(H,18,23)/t12-,13-/m0/s1. The van der Waals surface area contributed by atoms with E-state index in [2.05, 4.69) is 5.32 Å².